The standard InChI is InChI=1S/C15H25NO2/c1-6-7-8-9-16-14(17)12-10-13(15(3,4)5)18-11(12)2/h10H,6-9H2,1-5H3,(H,16,17). The van der Waals surface area contributed by atoms with Crippen molar-refractivity contribution in [2.75, 3.05) is 6.54 Å². The minimum atomic E-state index is -0.0640. The first-order valence-corrected chi connectivity index (χ1v) is 6.75. The molecular weight excluding hydrogens is 226 g/mol. The Morgan fingerprint density at radius 2 is 2.00 bits per heavy atom. The second-order valence-electron chi connectivity index (χ2n) is 5.79. The van der Waals surface area contributed by atoms with Crippen molar-refractivity contribution >= 4 is 5.91 Å². The highest BCUT2D eigenvalue weighted by atomic mass is 16.3. The molecule has 0 spiro atoms. The molecule has 3 heteroatoms. The van der Waals surface area contributed by atoms with Crippen LogP contribution in [0.15, 0.2) is 10.5 Å². The topological polar surface area (TPSA) is 42.2 Å². The smallest absolute Gasteiger partial charge is 0.254 e. The molecule has 0 aromatic carbocycles. The predicted octanol–water partition coefficient (Wildman–Crippen LogP) is 3.81. The minimum Gasteiger partial charge on any atom is -0.465 e. The van der Waals surface area contributed by atoms with Gasteiger partial charge in [0.25, 0.3) is 5.91 Å². The molecule has 0 radical (unpaired) electrons. The van der Waals surface area contributed by atoms with Crippen LogP contribution >= 0.6 is 0 Å². The van der Waals surface area contributed by atoms with E-state index in [1.54, 1.807) is 0 Å². The molecular formula is C15H25NO2. The number of hydrogen-bond donors (Lipinski definition) is 1. The first kappa shape index (κ1) is 14.8. The fourth-order valence-corrected chi connectivity index (χ4v) is 1.75. The summed E-state index contributed by atoms with van der Waals surface area (Å²) in [5.41, 5.74) is 0.599. The molecule has 1 N–H and O–H groups in total. The van der Waals surface area contributed by atoms with Gasteiger partial charge in [0.1, 0.15) is 11.5 Å². The molecule has 1 rings (SSSR count). The zero-order valence-corrected chi connectivity index (χ0v) is 12.2. The van der Waals surface area contributed by atoms with E-state index in [1.807, 2.05) is 13.0 Å². The second kappa shape index (κ2) is 6.07. The molecule has 0 aliphatic carbocycles. The number of aryl methyl sites for hydroxylation is 1. The average molecular weight is 251 g/mol. The Morgan fingerprint density at radius 3 is 2.50 bits per heavy atom. The van der Waals surface area contributed by atoms with Crippen LogP contribution in [0.25, 0.3) is 0 Å². The van der Waals surface area contributed by atoms with E-state index in [4.69, 9.17) is 4.42 Å². The lowest BCUT2D eigenvalue weighted by Crippen LogP contribution is -2.24. The van der Waals surface area contributed by atoms with Gasteiger partial charge in [-0.3, -0.25) is 4.79 Å². The monoisotopic (exact) mass is 251 g/mol. The molecule has 102 valence electrons. The van der Waals surface area contributed by atoms with Gasteiger partial charge in [0.05, 0.1) is 5.56 Å². The van der Waals surface area contributed by atoms with E-state index in [-0.39, 0.29) is 11.3 Å². The lowest BCUT2D eigenvalue weighted by atomic mass is 9.93. The Morgan fingerprint density at radius 1 is 1.33 bits per heavy atom. The summed E-state index contributed by atoms with van der Waals surface area (Å²) in [6, 6.07) is 1.87. The van der Waals surface area contributed by atoms with Gasteiger partial charge in [-0.1, -0.05) is 40.5 Å². The van der Waals surface area contributed by atoms with Crippen LogP contribution in [0.2, 0.25) is 0 Å². The van der Waals surface area contributed by atoms with E-state index in [1.165, 1.54) is 0 Å². The van der Waals surface area contributed by atoms with Crippen molar-refractivity contribution in [3.63, 3.8) is 0 Å². The number of nitrogens with one attached hydrogen (secondary N) is 1. The van der Waals surface area contributed by atoms with E-state index >= 15 is 0 Å². The minimum absolute atomic E-state index is 0.0251. The Labute approximate surface area is 110 Å². The van der Waals surface area contributed by atoms with Crippen LogP contribution in [0, 0.1) is 6.92 Å². The molecule has 3 nitrogen and oxygen atoms in total. The van der Waals surface area contributed by atoms with Crippen molar-refractivity contribution in [1.29, 1.82) is 0 Å². The van der Waals surface area contributed by atoms with Gasteiger partial charge in [0.2, 0.25) is 0 Å². The van der Waals surface area contributed by atoms with Gasteiger partial charge < -0.3 is 9.73 Å². The van der Waals surface area contributed by atoms with Crippen molar-refractivity contribution < 1.29 is 9.21 Å². The van der Waals surface area contributed by atoms with Crippen LogP contribution in [-0.2, 0) is 5.41 Å². The molecule has 0 aliphatic rings. The number of carbonyl (C=O) groups is 1. The van der Waals surface area contributed by atoms with E-state index in [0.717, 1.165) is 31.6 Å². The molecule has 0 saturated heterocycles. The Kier molecular flexibility index (Phi) is 5.00. The summed E-state index contributed by atoms with van der Waals surface area (Å²) in [5.74, 6) is 1.54. The van der Waals surface area contributed by atoms with Crippen molar-refractivity contribution in [2.45, 2.75) is 59.3 Å². The third-order valence-corrected chi connectivity index (χ3v) is 2.97. The largest absolute Gasteiger partial charge is 0.465 e. The van der Waals surface area contributed by atoms with Crippen molar-refractivity contribution in [3.05, 3.63) is 23.2 Å². The Balaban J connectivity index is 2.66. The summed E-state index contributed by atoms with van der Waals surface area (Å²) in [5, 5.41) is 2.94. The fourth-order valence-electron chi connectivity index (χ4n) is 1.75. The molecule has 1 aromatic heterocycles. The maximum atomic E-state index is 12.0. The molecule has 0 fully saturated rings. The van der Waals surface area contributed by atoms with Gasteiger partial charge in [-0.15, -0.1) is 0 Å². The molecule has 1 amide bonds. The van der Waals surface area contributed by atoms with E-state index < -0.39 is 0 Å². The normalized spacial score (nSPS) is 11.6. The van der Waals surface area contributed by atoms with Crippen LogP contribution in [0.5, 0.6) is 0 Å². The maximum Gasteiger partial charge on any atom is 0.254 e. The van der Waals surface area contributed by atoms with Crippen molar-refractivity contribution in [3.8, 4) is 0 Å². The summed E-state index contributed by atoms with van der Waals surface area (Å²) < 4.78 is 5.67. The number of hydrogen-bond acceptors (Lipinski definition) is 2. The maximum absolute atomic E-state index is 12.0. The molecule has 18 heavy (non-hydrogen) atoms. The van der Waals surface area contributed by atoms with Crippen LogP contribution < -0.4 is 5.32 Å². The summed E-state index contributed by atoms with van der Waals surface area (Å²) in [4.78, 5) is 12.0. The number of furan rings is 1. The highest BCUT2D eigenvalue weighted by molar-refractivity contribution is 5.95. The van der Waals surface area contributed by atoms with Gasteiger partial charge in [0, 0.05) is 12.0 Å². The molecule has 0 bridgehead atoms. The number of amides is 1. The molecule has 0 atom stereocenters. The first-order chi connectivity index (χ1) is 8.36. The van der Waals surface area contributed by atoms with Crippen LogP contribution in [-0.4, -0.2) is 12.5 Å². The average Bonchev–Trinajstić information content (AvgIpc) is 2.66. The Bertz CT molecular complexity index is 399. The zero-order valence-electron chi connectivity index (χ0n) is 12.2. The summed E-state index contributed by atoms with van der Waals surface area (Å²) in [6.45, 7) is 11.0. The van der Waals surface area contributed by atoms with Crippen LogP contribution in [0.1, 0.15) is 68.8 Å². The van der Waals surface area contributed by atoms with Crippen LogP contribution in [0.3, 0.4) is 0 Å². The Hall–Kier alpha value is -1.25. The van der Waals surface area contributed by atoms with Gasteiger partial charge >= 0.3 is 0 Å². The molecule has 0 aliphatic heterocycles. The summed E-state index contributed by atoms with van der Waals surface area (Å²) in [7, 11) is 0. The predicted molar refractivity (Wildman–Crippen MR) is 74.0 cm³/mol. The van der Waals surface area contributed by atoms with Crippen molar-refractivity contribution in [1.82, 2.24) is 5.32 Å². The van der Waals surface area contributed by atoms with Gasteiger partial charge in [-0.05, 0) is 19.4 Å². The molecule has 0 saturated carbocycles. The van der Waals surface area contributed by atoms with Gasteiger partial charge in [0.15, 0.2) is 0 Å². The van der Waals surface area contributed by atoms with Gasteiger partial charge in [-0.25, -0.2) is 0 Å². The zero-order chi connectivity index (χ0) is 13.8. The number of rotatable bonds is 5. The molecule has 0 unspecified atom stereocenters. The van der Waals surface area contributed by atoms with E-state index in [0.29, 0.717) is 11.3 Å². The third-order valence-electron chi connectivity index (χ3n) is 2.97. The fraction of sp³-hybridized carbons (Fsp3) is 0.667. The highest BCUT2D eigenvalue weighted by Gasteiger charge is 2.22. The lowest BCUT2D eigenvalue weighted by molar-refractivity contribution is 0.0951. The summed E-state index contributed by atoms with van der Waals surface area (Å²) >= 11 is 0. The number of carbonyl (C=O) groups excluding carboxylic acids is 1. The summed E-state index contributed by atoms with van der Waals surface area (Å²) in [6.07, 6.45) is 3.35. The lowest BCUT2D eigenvalue weighted by Gasteiger charge is -2.13. The highest BCUT2D eigenvalue weighted by Crippen LogP contribution is 2.26. The van der Waals surface area contributed by atoms with Gasteiger partial charge in [-0.2, -0.15) is 0 Å². The number of unbranched alkanes of at least 4 members (excludes halogenated alkanes) is 2. The van der Waals surface area contributed by atoms with Crippen LogP contribution in [0.4, 0.5) is 0 Å². The second-order valence-corrected chi connectivity index (χ2v) is 5.79. The first-order valence-electron chi connectivity index (χ1n) is 6.75. The third kappa shape index (κ3) is 3.90. The quantitative estimate of drug-likeness (QED) is 0.809. The van der Waals surface area contributed by atoms with Crippen molar-refractivity contribution in [2.24, 2.45) is 0 Å². The van der Waals surface area contributed by atoms with E-state index in [2.05, 4.69) is 33.0 Å². The SMILES string of the molecule is CCCCCNC(=O)c1cc(C(C)(C)C)oc1C. The van der Waals surface area contributed by atoms with E-state index in [9.17, 15) is 4.79 Å². The molecule has 1 aromatic rings. The molecule has 1 heterocycles.